The van der Waals surface area contributed by atoms with Gasteiger partial charge in [0, 0.05) is 49.6 Å². The Kier molecular flexibility index (Phi) is 7.13. The van der Waals surface area contributed by atoms with Crippen molar-refractivity contribution in [1.82, 2.24) is 20.2 Å². The van der Waals surface area contributed by atoms with E-state index in [1.165, 1.54) is 0 Å². The molecule has 1 aliphatic heterocycles. The van der Waals surface area contributed by atoms with Gasteiger partial charge in [-0.15, -0.1) is 0 Å². The number of hydrogen-bond donors (Lipinski definition) is 3. The van der Waals surface area contributed by atoms with Gasteiger partial charge in [0.25, 0.3) is 0 Å². The van der Waals surface area contributed by atoms with Gasteiger partial charge in [0.1, 0.15) is 5.82 Å². The molecule has 156 valence electrons. The SMILES string of the molecule is Clc1cccc(-c2cccc(Nc3nccc(NCCCN4CCNCC4)n3)c2)c1. The molecule has 1 aromatic heterocycles. The number of nitrogens with one attached hydrogen (secondary N) is 3. The molecule has 0 atom stereocenters. The molecule has 0 aliphatic carbocycles. The van der Waals surface area contributed by atoms with Gasteiger partial charge in [0.2, 0.25) is 5.95 Å². The van der Waals surface area contributed by atoms with Crippen molar-refractivity contribution >= 4 is 29.1 Å². The molecule has 1 saturated heterocycles. The number of nitrogens with zero attached hydrogens (tertiary/aromatic N) is 3. The maximum Gasteiger partial charge on any atom is 0.229 e. The van der Waals surface area contributed by atoms with Crippen molar-refractivity contribution in [3.63, 3.8) is 0 Å². The van der Waals surface area contributed by atoms with Crippen LogP contribution in [0, 0.1) is 0 Å². The zero-order valence-electron chi connectivity index (χ0n) is 16.9. The van der Waals surface area contributed by atoms with E-state index >= 15 is 0 Å². The number of piperazine rings is 1. The summed E-state index contributed by atoms with van der Waals surface area (Å²) in [6.45, 7) is 6.46. The second-order valence-corrected chi connectivity index (χ2v) is 7.79. The Balaban J connectivity index is 1.33. The molecular formula is C23H27ClN6. The van der Waals surface area contributed by atoms with Crippen molar-refractivity contribution in [2.24, 2.45) is 0 Å². The van der Waals surface area contributed by atoms with Crippen LogP contribution >= 0.6 is 11.6 Å². The molecule has 3 aromatic rings. The van der Waals surface area contributed by atoms with Crippen LogP contribution in [0.15, 0.2) is 60.8 Å². The smallest absolute Gasteiger partial charge is 0.229 e. The Morgan fingerprint density at radius 1 is 1.00 bits per heavy atom. The van der Waals surface area contributed by atoms with Crippen LogP contribution in [-0.2, 0) is 0 Å². The monoisotopic (exact) mass is 422 g/mol. The number of rotatable bonds is 8. The lowest BCUT2D eigenvalue weighted by molar-refractivity contribution is 0.240. The Hall–Kier alpha value is -2.67. The first-order valence-corrected chi connectivity index (χ1v) is 10.8. The summed E-state index contributed by atoms with van der Waals surface area (Å²) >= 11 is 6.13. The summed E-state index contributed by atoms with van der Waals surface area (Å²) in [5.74, 6) is 1.41. The second-order valence-electron chi connectivity index (χ2n) is 7.35. The van der Waals surface area contributed by atoms with Crippen LogP contribution in [0.25, 0.3) is 11.1 Å². The normalized spacial score (nSPS) is 14.4. The summed E-state index contributed by atoms with van der Waals surface area (Å²) in [6, 6.07) is 17.9. The van der Waals surface area contributed by atoms with Gasteiger partial charge >= 0.3 is 0 Å². The van der Waals surface area contributed by atoms with Gasteiger partial charge in [-0.3, -0.25) is 0 Å². The zero-order valence-corrected chi connectivity index (χ0v) is 17.7. The molecule has 1 fully saturated rings. The van der Waals surface area contributed by atoms with Crippen LogP contribution in [0.3, 0.4) is 0 Å². The highest BCUT2D eigenvalue weighted by molar-refractivity contribution is 6.30. The van der Waals surface area contributed by atoms with Crippen LogP contribution in [-0.4, -0.2) is 54.1 Å². The summed E-state index contributed by atoms with van der Waals surface area (Å²) in [5, 5.41) is 10.8. The molecule has 0 radical (unpaired) electrons. The Labute approximate surface area is 182 Å². The number of halogens is 1. The summed E-state index contributed by atoms with van der Waals surface area (Å²) in [4.78, 5) is 11.4. The minimum atomic E-state index is 0.574. The molecule has 0 spiro atoms. The van der Waals surface area contributed by atoms with E-state index in [1.54, 1.807) is 6.20 Å². The van der Waals surface area contributed by atoms with E-state index < -0.39 is 0 Å². The highest BCUT2D eigenvalue weighted by Crippen LogP contribution is 2.26. The molecule has 6 nitrogen and oxygen atoms in total. The summed E-state index contributed by atoms with van der Waals surface area (Å²) in [5.41, 5.74) is 3.10. The highest BCUT2D eigenvalue weighted by Gasteiger charge is 2.08. The van der Waals surface area contributed by atoms with Crippen molar-refractivity contribution in [1.29, 1.82) is 0 Å². The van der Waals surface area contributed by atoms with Gasteiger partial charge < -0.3 is 20.9 Å². The van der Waals surface area contributed by atoms with Crippen molar-refractivity contribution in [2.75, 3.05) is 49.9 Å². The fourth-order valence-corrected chi connectivity index (χ4v) is 3.74. The first-order valence-electron chi connectivity index (χ1n) is 10.4. The second kappa shape index (κ2) is 10.4. The molecular weight excluding hydrogens is 396 g/mol. The third kappa shape index (κ3) is 5.92. The minimum Gasteiger partial charge on any atom is -0.370 e. The molecule has 3 N–H and O–H groups in total. The van der Waals surface area contributed by atoms with E-state index in [0.717, 1.165) is 73.3 Å². The van der Waals surface area contributed by atoms with E-state index in [1.807, 2.05) is 42.5 Å². The van der Waals surface area contributed by atoms with Gasteiger partial charge in [-0.05, 0) is 54.4 Å². The van der Waals surface area contributed by atoms with Crippen LogP contribution in [0.1, 0.15) is 6.42 Å². The maximum atomic E-state index is 6.13. The van der Waals surface area contributed by atoms with Crippen LogP contribution in [0.5, 0.6) is 0 Å². The predicted molar refractivity (Wildman–Crippen MR) is 125 cm³/mol. The number of hydrogen-bond acceptors (Lipinski definition) is 6. The average Bonchev–Trinajstić information content (AvgIpc) is 2.78. The van der Waals surface area contributed by atoms with Crippen LogP contribution in [0.4, 0.5) is 17.5 Å². The summed E-state index contributed by atoms with van der Waals surface area (Å²) in [7, 11) is 0. The quantitative estimate of drug-likeness (QED) is 0.472. The standard InChI is InChI=1S/C23H27ClN6/c24-20-6-1-4-18(16-20)19-5-2-7-21(17-19)28-23-27-10-8-22(29-23)26-9-3-13-30-14-11-25-12-15-30/h1-2,4-8,10,16-17,25H,3,9,11-15H2,(H2,26,27,28,29). The van der Waals surface area contributed by atoms with Crippen molar-refractivity contribution in [2.45, 2.75) is 6.42 Å². The molecule has 0 bridgehead atoms. The van der Waals surface area contributed by atoms with Crippen molar-refractivity contribution in [3.8, 4) is 11.1 Å². The summed E-state index contributed by atoms with van der Waals surface area (Å²) < 4.78 is 0. The topological polar surface area (TPSA) is 65.1 Å². The van der Waals surface area contributed by atoms with E-state index in [2.05, 4.69) is 43.0 Å². The van der Waals surface area contributed by atoms with Gasteiger partial charge in [-0.1, -0.05) is 35.9 Å². The van der Waals surface area contributed by atoms with Gasteiger partial charge in [0.05, 0.1) is 0 Å². The van der Waals surface area contributed by atoms with Crippen molar-refractivity contribution in [3.05, 3.63) is 65.8 Å². The molecule has 0 saturated carbocycles. The first kappa shape index (κ1) is 20.6. The molecule has 7 heteroatoms. The first-order chi connectivity index (χ1) is 14.8. The Morgan fingerprint density at radius 2 is 1.80 bits per heavy atom. The lowest BCUT2D eigenvalue weighted by Crippen LogP contribution is -2.44. The lowest BCUT2D eigenvalue weighted by Gasteiger charge is -2.27. The fraction of sp³-hybridized carbons (Fsp3) is 0.304. The number of aromatic nitrogens is 2. The molecule has 0 unspecified atom stereocenters. The van der Waals surface area contributed by atoms with Crippen molar-refractivity contribution < 1.29 is 0 Å². The largest absolute Gasteiger partial charge is 0.370 e. The Bertz CT molecular complexity index is 958. The predicted octanol–water partition coefficient (Wildman–Crippen LogP) is 4.25. The fourth-order valence-electron chi connectivity index (χ4n) is 3.54. The molecule has 2 heterocycles. The van der Waals surface area contributed by atoms with Gasteiger partial charge in [0.15, 0.2) is 0 Å². The number of anilines is 3. The van der Waals surface area contributed by atoms with Crippen LogP contribution in [0.2, 0.25) is 5.02 Å². The average molecular weight is 423 g/mol. The molecule has 4 rings (SSSR count). The van der Waals surface area contributed by atoms with E-state index in [9.17, 15) is 0 Å². The van der Waals surface area contributed by atoms with Crippen LogP contribution < -0.4 is 16.0 Å². The summed E-state index contributed by atoms with van der Waals surface area (Å²) in [6.07, 6.45) is 2.86. The van der Waals surface area contributed by atoms with Gasteiger partial charge in [-0.2, -0.15) is 4.98 Å². The third-order valence-electron chi connectivity index (χ3n) is 5.10. The maximum absolute atomic E-state index is 6.13. The molecule has 2 aromatic carbocycles. The minimum absolute atomic E-state index is 0.574. The zero-order chi connectivity index (χ0) is 20.6. The third-order valence-corrected chi connectivity index (χ3v) is 5.33. The van der Waals surface area contributed by atoms with E-state index in [0.29, 0.717) is 5.95 Å². The van der Waals surface area contributed by atoms with Gasteiger partial charge in [-0.25, -0.2) is 4.98 Å². The highest BCUT2D eigenvalue weighted by atomic mass is 35.5. The van der Waals surface area contributed by atoms with E-state index in [4.69, 9.17) is 11.6 Å². The molecule has 30 heavy (non-hydrogen) atoms. The molecule has 1 aliphatic rings. The molecule has 0 amide bonds. The van der Waals surface area contributed by atoms with E-state index in [-0.39, 0.29) is 0 Å². The number of benzene rings is 2. The lowest BCUT2D eigenvalue weighted by atomic mass is 10.1. The Morgan fingerprint density at radius 3 is 2.63 bits per heavy atom.